The highest BCUT2D eigenvalue weighted by Gasteiger charge is 2.34. The van der Waals surface area contributed by atoms with E-state index in [1.54, 1.807) is 0 Å². The van der Waals surface area contributed by atoms with E-state index in [9.17, 15) is 0 Å². The van der Waals surface area contributed by atoms with Crippen LogP contribution in [0.5, 0.6) is 0 Å². The van der Waals surface area contributed by atoms with E-state index in [1.165, 1.54) is 16.7 Å². The molecular weight excluding hydrogens is 268 g/mol. The summed E-state index contributed by atoms with van der Waals surface area (Å²) in [7, 11) is 0. The van der Waals surface area contributed by atoms with E-state index in [4.69, 9.17) is 5.26 Å². The molecule has 22 heavy (non-hydrogen) atoms. The summed E-state index contributed by atoms with van der Waals surface area (Å²) in [5, 5.41) is 12.7. The SMILES string of the molecule is N#CC[C@]1(c2ccc(CCc3ccccc3)cc2)CCCN1. The largest absolute Gasteiger partial charge is 0.307 e. The van der Waals surface area contributed by atoms with Crippen LogP contribution in [0, 0.1) is 11.3 Å². The molecule has 1 atom stereocenters. The second kappa shape index (κ2) is 6.77. The third-order valence-corrected chi connectivity index (χ3v) is 4.68. The van der Waals surface area contributed by atoms with Gasteiger partial charge in [-0.15, -0.1) is 0 Å². The van der Waals surface area contributed by atoms with Crippen LogP contribution >= 0.6 is 0 Å². The van der Waals surface area contributed by atoms with Crippen molar-refractivity contribution in [1.29, 1.82) is 5.26 Å². The number of hydrogen-bond acceptors (Lipinski definition) is 2. The third-order valence-electron chi connectivity index (χ3n) is 4.68. The van der Waals surface area contributed by atoms with Crippen molar-refractivity contribution in [3.63, 3.8) is 0 Å². The first-order valence-corrected chi connectivity index (χ1v) is 8.08. The summed E-state index contributed by atoms with van der Waals surface area (Å²) >= 11 is 0. The molecule has 0 amide bonds. The monoisotopic (exact) mass is 290 g/mol. The molecule has 1 aliphatic rings. The molecule has 0 saturated carbocycles. The van der Waals surface area contributed by atoms with Crippen LogP contribution in [0.2, 0.25) is 0 Å². The zero-order valence-electron chi connectivity index (χ0n) is 12.9. The van der Waals surface area contributed by atoms with Gasteiger partial charge in [0.1, 0.15) is 0 Å². The van der Waals surface area contributed by atoms with Crippen LogP contribution in [0.4, 0.5) is 0 Å². The van der Waals surface area contributed by atoms with E-state index in [1.807, 2.05) is 0 Å². The predicted octanol–water partition coefficient (Wildman–Crippen LogP) is 3.96. The van der Waals surface area contributed by atoms with Crippen LogP contribution in [-0.2, 0) is 18.4 Å². The van der Waals surface area contributed by atoms with Crippen molar-refractivity contribution in [3.05, 3.63) is 71.3 Å². The third kappa shape index (κ3) is 3.21. The highest BCUT2D eigenvalue weighted by Crippen LogP contribution is 2.34. The van der Waals surface area contributed by atoms with Gasteiger partial charge in [-0.05, 0) is 48.9 Å². The Morgan fingerprint density at radius 3 is 2.23 bits per heavy atom. The number of hydrogen-bond donors (Lipinski definition) is 1. The van der Waals surface area contributed by atoms with Crippen LogP contribution < -0.4 is 5.32 Å². The van der Waals surface area contributed by atoms with E-state index in [-0.39, 0.29) is 5.54 Å². The lowest BCUT2D eigenvalue weighted by Crippen LogP contribution is -2.36. The van der Waals surface area contributed by atoms with Crippen LogP contribution in [0.1, 0.15) is 36.0 Å². The van der Waals surface area contributed by atoms with Gasteiger partial charge in [-0.1, -0.05) is 54.6 Å². The number of rotatable bonds is 5. The summed E-state index contributed by atoms with van der Waals surface area (Å²) in [6.45, 7) is 1.01. The highest BCUT2D eigenvalue weighted by molar-refractivity contribution is 5.31. The van der Waals surface area contributed by atoms with Gasteiger partial charge in [0, 0.05) is 0 Å². The number of nitriles is 1. The van der Waals surface area contributed by atoms with Crippen molar-refractivity contribution >= 4 is 0 Å². The fraction of sp³-hybridized carbons (Fsp3) is 0.350. The number of nitrogens with one attached hydrogen (secondary N) is 1. The summed E-state index contributed by atoms with van der Waals surface area (Å²) in [6, 6.07) is 21.8. The fourth-order valence-corrected chi connectivity index (χ4v) is 3.36. The Morgan fingerprint density at radius 2 is 1.64 bits per heavy atom. The minimum absolute atomic E-state index is 0.118. The van der Waals surface area contributed by atoms with E-state index in [0.29, 0.717) is 6.42 Å². The molecule has 2 nitrogen and oxygen atoms in total. The van der Waals surface area contributed by atoms with Crippen molar-refractivity contribution in [3.8, 4) is 6.07 Å². The first-order valence-electron chi connectivity index (χ1n) is 8.08. The standard InChI is InChI=1S/C20H22N2/c21-15-14-20(13-4-16-22-20)19-11-9-18(10-12-19)8-7-17-5-2-1-3-6-17/h1-3,5-6,9-12,22H,4,7-8,13-14,16H2/t20-/m0/s1. The average Bonchev–Trinajstić information content (AvgIpc) is 3.05. The van der Waals surface area contributed by atoms with Crippen molar-refractivity contribution in [2.45, 2.75) is 37.6 Å². The Morgan fingerprint density at radius 1 is 0.955 bits per heavy atom. The first kappa shape index (κ1) is 14.8. The Bertz CT molecular complexity index is 632. The molecule has 0 aromatic heterocycles. The van der Waals surface area contributed by atoms with Crippen LogP contribution in [-0.4, -0.2) is 6.54 Å². The molecule has 0 spiro atoms. The van der Waals surface area contributed by atoms with Crippen molar-refractivity contribution < 1.29 is 0 Å². The minimum atomic E-state index is -0.118. The maximum absolute atomic E-state index is 9.13. The number of benzene rings is 2. The van der Waals surface area contributed by atoms with Gasteiger partial charge in [0.25, 0.3) is 0 Å². The van der Waals surface area contributed by atoms with E-state index in [2.05, 4.69) is 66.0 Å². The van der Waals surface area contributed by atoms with Gasteiger partial charge in [-0.3, -0.25) is 0 Å². The smallest absolute Gasteiger partial charge is 0.0644 e. The molecule has 1 aliphatic heterocycles. The molecule has 2 aromatic carbocycles. The summed E-state index contributed by atoms with van der Waals surface area (Å²) in [5.74, 6) is 0. The Labute approximate surface area is 132 Å². The molecule has 1 heterocycles. The van der Waals surface area contributed by atoms with Crippen molar-refractivity contribution in [2.24, 2.45) is 0 Å². The molecule has 0 bridgehead atoms. The summed E-state index contributed by atoms with van der Waals surface area (Å²) in [6.07, 6.45) is 4.89. The maximum atomic E-state index is 9.13. The minimum Gasteiger partial charge on any atom is -0.307 e. The molecule has 112 valence electrons. The molecule has 2 heteroatoms. The fourth-order valence-electron chi connectivity index (χ4n) is 3.36. The normalized spacial score (nSPS) is 20.7. The number of aryl methyl sites for hydroxylation is 2. The first-order chi connectivity index (χ1) is 10.8. The Balaban J connectivity index is 1.68. The van der Waals surface area contributed by atoms with Gasteiger partial charge in [0.2, 0.25) is 0 Å². The Kier molecular flexibility index (Phi) is 4.56. The predicted molar refractivity (Wildman–Crippen MR) is 89.4 cm³/mol. The van der Waals surface area contributed by atoms with Crippen LogP contribution in [0.3, 0.4) is 0 Å². The molecule has 1 N–H and O–H groups in total. The highest BCUT2D eigenvalue weighted by atomic mass is 15.0. The van der Waals surface area contributed by atoms with Crippen molar-refractivity contribution in [2.75, 3.05) is 6.54 Å². The summed E-state index contributed by atoms with van der Waals surface area (Å²) in [5.41, 5.74) is 3.88. The van der Waals surface area contributed by atoms with Gasteiger partial charge < -0.3 is 5.32 Å². The van der Waals surface area contributed by atoms with Crippen LogP contribution in [0.25, 0.3) is 0 Å². The van der Waals surface area contributed by atoms with E-state index in [0.717, 1.165) is 32.2 Å². The lowest BCUT2D eigenvalue weighted by molar-refractivity contribution is 0.399. The average molecular weight is 290 g/mol. The molecular formula is C20H22N2. The van der Waals surface area contributed by atoms with Gasteiger partial charge in [0.05, 0.1) is 18.0 Å². The zero-order valence-corrected chi connectivity index (χ0v) is 12.9. The quantitative estimate of drug-likeness (QED) is 0.904. The van der Waals surface area contributed by atoms with E-state index >= 15 is 0 Å². The van der Waals surface area contributed by atoms with Gasteiger partial charge in [-0.25, -0.2) is 0 Å². The molecule has 1 saturated heterocycles. The van der Waals surface area contributed by atoms with Gasteiger partial charge >= 0.3 is 0 Å². The molecule has 0 radical (unpaired) electrons. The molecule has 1 fully saturated rings. The van der Waals surface area contributed by atoms with E-state index < -0.39 is 0 Å². The van der Waals surface area contributed by atoms with Gasteiger partial charge in [0.15, 0.2) is 0 Å². The molecule has 0 unspecified atom stereocenters. The summed E-state index contributed by atoms with van der Waals surface area (Å²) in [4.78, 5) is 0. The lowest BCUT2D eigenvalue weighted by atomic mass is 9.85. The molecule has 0 aliphatic carbocycles. The maximum Gasteiger partial charge on any atom is 0.0644 e. The summed E-state index contributed by atoms with van der Waals surface area (Å²) < 4.78 is 0. The van der Waals surface area contributed by atoms with Gasteiger partial charge in [-0.2, -0.15) is 5.26 Å². The second-order valence-electron chi connectivity index (χ2n) is 6.13. The zero-order chi connectivity index (χ0) is 15.3. The molecule has 2 aromatic rings. The second-order valence-corrected chi connectivity index (χ2v) is 6.13. The number of nitrogens with zero attached hydrogens (tertiary/aromatic N) is 1. The lowest BCUT2D eigenvalue weighted by Gasteiger charge is -2.27. The Hall–Kier alpha value is -2.11. The molecule has 3 rings (SSSR count). The van der Waals surface area contributed by atoms with Crippen LogP contribution in [0.15, 0.2) is 54.6 Å². The topological polar surface area (TPSA) is 35.8 Å². The van der Waals surface area contributed by atoms with Crippen molar-refractivity contribution in [1.82, 2.24) is 5.32 Å².